The number of non-ortho nitro benzene ring substituents is 1. The molecule has 0 unspecified atom stereocenters. The number of nitrogens with zero attached hydrogens (tertiary/aromatic N) is 2. The summed E-state index contributed by atoms with van der Waals surface area (Å²) in [5.74, 6) is 0. The third-order valence-electron chi connectivity index (χ3n) is 4.98. The van der Waals surface area contributed by atoms with Crippen LogP contribution in [0.5, 0.6) is 0 Å². The van der Waals surface area contributed by atoms with Crippen LogP contribution in [0.25, 0.3) is 0 Å². The van der Waals surface area contributed by atoms with Crippen molar-refractivity contribution in [2.45, 2.75) is 47.7 Å². The van der Waals surface area contributed by atoms with E-state index >= 15 is 0 Å². The monoisotopic (exact) mass is 369 g/mol. The van der Waals surface area contributed by atoms with Crippen LogP contribution in [-0.4, -0.2) is 22.9 Å². The van der Waals surface area contributed by atoms with Crippen molar-refractivity contribution in [1.29, 1.82) is 0 Å². The Labute approximate surface area is 162 Å². The zero-order valence-electron chi connectivity index (χ0n) is 17.1. The van der Waals surface area contributed by atoms with E-state index in [2.05, 4.69) is 51.7 Å². The molecule has 0 saturated carbocycles. The average Bonchev–Trinajstić information content (AvgIpc) is 2.58. The van der Waals surface area contributed by atoms with Gasteiger partial charge in [0.15, 0.2) is 0 Å². The van der Waals surface area contributed by atoms with E-state index in [9.17, 15) is 10.1 Å². The zero-order valence-corrected chi connectivity index (χ0v) is 17.1. The SMILES string of the molecule is Cc1cc(C)c(CN(Cc2ccc([N+](=O)[O-])cc2)CC(C)(C)CN)c(C)c1. The lowest BCUT2D eigenvalue weighted by molar-refractivity contribution is -0.384. The smallest absolute Gasteiger partial charge is 0.269 e. The molecule has 0 fully saturated rings. The first-order valence-corrected chi connectivity index (χ1v) is 9.34. The molecular formula is C22H31N3O2. The molecule has 2 rings (SSSR count). The van der Waals surface area contributed by atoms with Crippen LogP contribution in [0.1, 0.15) is 41.7 Å². The molecule has 0 aliphatic heterocycles. The summed E-state index contributed by atoms with van der Waals surface area (Å²) in [5, 5.41) is 10.9. The molecule has 5 nitrogen and oxygen atoms in total. The average molecular weight is 370 g/mol. The second-order valence-corrected chi connectivity index (χ2v) is 8.31. The number of aryl methyl sites for hydroxylation is 3. The van der Waals surface area contributed by atoms with Crippen molar-refractivity contribution in [1.82, 2.24) is 4.90 Å². The van der Waals surface area contributed by atoms with Crippen LogP contribution in [-0.2, 0) is 13.1 Å². The summed E-state index contributed by atoms with van der Waals surface area (Å²) < 4.78 is 0. The fourth-order valence-corrected chi connectivity index (χ4v) is 3.50. The highest BCUT2D eigenvalue weighted by molar-refractivity contribution is 5.37. The molecule has 146 valence electrons. The molecule has 2 aromatic carbocycles. The summed E-state index contributed by atoms with van der Waals surface area (Å²) in [6.07, 6.45) is 0. The zero-order chi connectivity index (χ0) is 20.2. The van der Waals surface area contributed by atoms with Crippen molar-refractivity contribution in [2.75, 3.05) is 13.1 Å². The molecule has 2 aromatic rings. The molecule has 0 atom stereocenters. The van der Waals surface area contributed by atoms with Crippen molar-refractivity contribution in [2.24, 2.45) is 11.1 Å². The van der Waals surface area contributed by atoms with Gasteiger partial charge < -0.3 is 5.73 Å². The maximum atomic E-state index is 10.9. The van der Waals surface area contributed by atoms with Crippen LogP contribution >= 0.6 is 0 Å². The molecule has 2 N–H and O–H groups in total. The van der Waals surface area contributed by atoms with Gasteiger partial charge >= 0.3 is 0 Å². The lowest BCUT2D eigenvalue weighted by Gasteiger charge is -2.33. The molecule has 27 heavy (non-hydrogen) atoms. The number of hydrogen-bond donors (Lipinski definition) is 1. The van der Waals surface area contributed by atoms with Gasteiger partial charge in [0.25, 0.3) is 5.69 Å². The Hall–Kier alpha value is -2.24. The van der Waals surface area contributed by atoms with Crippen LogP contribution in [0.3, 0.4) is 0 Å². The predicted octanol–water partition coefficient (Wildman–Crippen LogP) is 4.51. The van der Waals surface area contributed by atoms with Gasteiger partial charge in [-0.05, 0) is 55.0 Å². The third-order valence-corrected chi connectivity index (χ3v) is 4.98. The number of rotatable bonds is 8. The summed E-state index contributed by atoms with van der Waals surface area (Å²) in [4.78, 5) is 12.9. The highest BCUT2D eigenvalue weighted by Crippen LogP contribution is 2.24. The van der Waals surface area contributed by atoms with Crippen LogP contribution in [0.4, 0.5) is 5.69 Å². The summed E-state index contributed by atoms with van der Waals surface area (Å²) in [7, 11) is 0. The minimum Gasteiger partial charge on any atom is -0.330 e. The molecule has 0 bridgehead atoms. The minimum atomic E-state index is -0.363. The van der Waals surface area contributed by atoms with Crippen molar-refractivity contribution >= 4 is 5.69 Å². The maximum Gasteiger partial charge on any atom is 0.269 e. The standard InChI is InChI=1S/C22H31N3O2/c1-16-10-17(2)21(18(3)11-16)13-24(15-22(4,5)14-23)12-19-6-8-20(9-7-19)25(26)27/h6-11H,12-15,23H2,1-5H3. The van der Waals surface area contributed by atoms with E-state index < -0.39 is 0 Å². The van der Waals surface area contributed by atoms with Gasteiger partial charge in [0.1, 0.15) is 0 Å². The molecule has 0 spiro atoms. The van der Waals surface area contributed by atoms with Crippen molar-refractivity contribution in [3.63, 3.8) is 0 Å². The first-order chi connectivity index (χ1) is 12.6. The summed E-state index contributed by atoms with van der Waals surface area (Å²) in [5.41, 5.74) is 12.4. The van der Waals surface area contributed by atoms with E-state index in [0.717, 1.165) is 25.2 Å². The van der Waals surface area contributed by atoms with E-state index in [1.165, 1.54) is 22.3 Å². The molecule has 5 heteroatoms. The number of nitro groups is 1. The van der Waals surface area contributed by atoms with E-state index in [0.29, 0.717) is 6.54 Å². The Morgan fingerprint density at radius 2 is 1.59 bits per heavy atom. The molecule has 0 aliphatic carbocycles. The second-order valence-electron chi connectivity index (χ2n) is 8.31. The van der Waals surface area contributed by atoms with Crippen LogP contribution < -0.4 is 5.73 Å². The van der Waals surface area contributed by atoms with Crippen LogP contribution in [0.2, 0.25) is 0 Å². The van der Waals surface area contributed by atoms with Gasteiger partial charge in [0.05, 0.1) is 4.92 Å². The predicted molar refractivity (Wildman–Crippen MR) is 111 cm³/mol. The normalized spacial score (nSPS) is 11.8. The fraction of sp³-hybridized carbons (Fsp3) is 0.455. The Morgan fingerprint density at radius 3 is 2.07 bits per heavy atom. The van der Waals surface area contributed by atoms with E-state index in [1.807, 2.05) is 12.1 Å². The summed E-state index contributed by atoms with van der Waals surface area (Å²) >= 11 is 0. The van der Waals surface area contributed by atoms with Crippen LogP contribution in [0.15, 0.2) is 36.4 Å². The van der Waals surface area contributed by atoms with Gasteiger partial charge in [0.2, 0.25) is 0 Å². The molecular weight excluding hydrogens is 338 g/mol. The number of nitro benzene ring substituents is 1. The minimum absolute atomic E-state index is 0.00666. The maximum absolute atomic E-state index is 10.9. The summed E-state index contributed by atoms with van der Waals surface area (Å²) in [6.45, 7) is 13.8. The Balaban J connectivity index is 2.27. The first kappa shape index (κ1) is 21.1. The molecule has 0 aromatic heterocycles. The first-order valence-electron chi connectivity index (χ1n) is 9.34. The van der Waals surface area contributed by atoms with Gasteiger partial charge in [-0.25, -0.2) is 0 Å². The molecule has 0 heterocycles. The van der Waals surface area contributed by atoms with Crippen molar-refractivity contribution in [3.8, 4) is 0 Å². The van der Waals surface area contributed by atoms with Crippen LogP contribution in [0, 0.1) is 36.3 Å². The second kappa shape index (κ2) is 8.63. The quantitative estimate of drug-likeness (QED) is 0.549. The van der Waals surface area contributed by atoms with Gasteiger partial charge in [-0.3, -0.25) is 15.0 Å². The number of benzene rings is 2. The van der Waals surface area contributed by atoms with Gasteiger partial charge in [-0.2, -0.15) is 0 Å². The molecule has 0 radical (unpaired) electrons. The Kier molecular flexibility index (Phi) is 6.73. The Bertz CT molecular complexity index is 775. The molecule has 0 aliphatic rings. The molecule has 0 saturated heterocycles. The highest BCUT2D eigenvalue weighted by atomic mass is 16.6. The Morgan fingerprint density at radius 1 is 1.04 bits per heavy atom. The van der Waals surface area contributed by atoms with Gasteiger partial charge in [-0.1, -0.05) is 43.7 Å². The largest absolute Gasteiger partial charge is 0.330 e. The lowest BCUT2D eigenvalue weighted by Crippen LogP contribution is -2.38. The van der Waals surface area contributed by atoms with Gasteiger partial charge in [0, 0.05) is 31.8 Å². The van der Waals surface area contributed by atoms with E-state index in [-0.39, 0.29) is 16.0 Å². The van der Waals surface area contributed by atoms with E-state index in [1.54, 1.807) is 12.1 Å². The summed E-state index contributed by atoms with van der Waals surface area (Å²) in [6, 6.07) is 11.3. The topological polar surface area (TPSA) is 72.4 Å². The van der Waals surface area contributed by atoms with E-state index in [4.69, 9.17) is 5.73 Å². The molecule has 0 amide bonds. The van der Waals surface area contributed by atoms with Gasteiger partial charge in [-0.15, -0.1) is 0 Å². The van der Waals surface area contributed by atoms with Crippen molar-refractivity contribution < 1.29 is 4.92 Å². The number of nitrogens with two attached hydrogens (primary N) is 1. The third kappa shape index (κ3) is 5.88. The fourth-order valence-electron chi connectivity index (χ4n) is 3.50. The lowest BCUT2D eigenvalue weighted by atomic mass is 9.92. The van der Waals surface area contributed by atoms with Crippen molar-refractivity contribution in [3.05, 3.63) is 74.3 Å². The highest BCUT2D eigenvalue weighted by Gasteiger charge is 2.22. The number of hydrogen-bond acceptors (Lipinski definition) is 4.